The van der Waals surface area contributed by atoms with Crippen molar-refractivity contribution >= 4 is 40.2 Å². The number of pyridine rings is 1. The molecule has 2 heterocycles. The molecule has 3 rings (SSSR count). The van der Waals surface area contributed by atoms with Crippen LogP contribution in [-0.4, -0.2) is 39.9 Å². The van der Waals surface area contributed by atoms with Crippen LogP contribution in [0.3, 0.4) is 0 Å². The summed E-state index contributed by atoms with van der Waals surface area (Å²) in [5.41, 5.74) is 1.20. The van der Waals surface area contributed by atoms with Crippen LogP contribution in [0, 0.1) is 0 Å². The second-order valence-electron chi connectivity index (χ2n) is 4.93. The first-order chi connectivity index (χ1) is 9.66. The molecule has 3 nitrogen and oxygen atoms in total. The molecule has 0 saturated carbocycles. The maximum Gasteiger partial charge on any atom is 0.272 e. The van der Waals surface area contributed by atoms with E-state index in [1.165, 1.54) is 0 Å². The minimum Gasteiger partial charge on any atom is -0.333 e. The van der Waals surface area contributed by atoms with Gasteiger partial charge in [-0.25, -0.2) is 4.98 Å². The second-order valence-corrected chi connectivity index (χ2v) is 6.49. The van der Waals surface area contributed by atoms with Gasteiger partial charge in [-0.05, 0) is 19.1 Å². The smallest absolute Gasteiger partial charge is 0.272 e. The first kappa shape index (κ1) is 13.7. The minimum atomic E-state index is -0.0227. The van der Waals surface area contributed by atoms with E-state index in [-0.39, 0.29) is 11.9 Å². The van der Waals surface area contributed by atoms with Crippen molar-refractivity contribution < 1.29 is 4.79 Å². The van der Waals surface area contributed by atoms with E-state index < -0.39 is 0 Å². The van der Waals surface area contributed by atoms with Gasteiger partial charge in [-0.2, -0.15) is 11.8 Å². The molecule has 1 aromatic carbocycles. The van der Waals surface area contributed by atoms with Crippen LogP contribution in [-0.2, 0) is 0 Å². The Morgan fingerprint density at radius 1 is 1.45 bits per heavy atom. The third-order valence-corrected chi connectivity index (χ3v) is 5.02. The summed E-state index contributed by atoms with van der Waals surface area (Å²) in [7, 11) is 0. The standard InChI is InChI=1S/C15H15ClN2OS/c1-10-9-20-7-6-18(10)15(19)14-8-12(16)11-4-2-3-5-13(11)17-14/h2-5,8,10H,6-7,9H2,1H3. The fourth-order valence-corrected chi connectivity index (χ4v) is 3.70. The number of thioether (sulfide) groups is 1. The summed E-state index contributed by atoms with van der Waals surface area (Å²) in [5, 5.41) is 1.46. The molecular weight excluding hydrogens is 292 g/mol. The first-order valence-corrected chi connectivity index (χ1v) is 8.14. The van der Waals surface area contributed by atoms with Crippen LogP contribution >= 0.6 is 23.4 Å². The predicted octanol–water partition coefficient (Wildman–Crippen LogP) is 3.47. The topological polar surface area (TPSA) is 33.2 Å². The Bertz CT molecular complexity index is 661. The number of fused-ring (bicyclic) bond motifs is 1. The average Bonchev–Trinajstić information content (AvgIpc) is 2.47. The maximum absolute atomic E-state index is 12.6. The number of para-hydroxylation sites is 1. The second kappa shape index (κ2) is 5.62. The Morgan fingerprint density at radius 3 is 3.05 bits per heavy atom. The Labute approximate surface area is 127 Å². The van der Waals surface area contributed by atoms with Crippen molar-refractivity contribution in [1.82, 2.24) is 9.88 Å². The number of hydrogen-bond acceptors (Lipinski definition) is 3. The van der Waals surface area contributed by atoms with Gasteiger partial charge in [0.1, 0.15) is 5.69 Å². The van der Waals surface area contributed by atoms with Crippen molar-refractivity contribution in [2.45, 2.75) is 13.0 Å². The summed E-state index contributed by atoms with van der Waals surface area (Å²) in [6.07, 6.45) is 0. The lowest BCUT2D eigenvalue weighted by Gasteiger charge is -2.32. The van der Waals surface area contributed by atoms with Gasteiger partial charge in [0.25, 0.3) is 5.91 Å². The normalized spacial score (nSPS) is 19.3. The number of amides is 1. The maximum atomic E-state index is 12.6. The molecule has 2 aromatic rings. The van der Waals surface area contributed by atoms with E-state index in [0.717, 1.165) is 29.0 Å². The van der Waals surface area contributed by atoms with E-state index in [9.17, 15) is 4.79 Å². The molecular formula is C15H15ClN2OS. The molecule has 1 saturated heterocycles. The van der Waals surface area contributed by atoms with Crippen molar-refractivity contribution in [1.29, 1.82) is 0 Å². The molecule has 104 valence electrons. The molecule has 1 atom stereocenters. The molecule has 1 fully saturated rings. The predicted molar refractivity (Wildman–Crippen MR) is 84.6 cm³/mol. The van der Waals surface area contributed by atoms with Crippen LogP contribution in [0.15, 0.2) is 30.3 Å². The Balaban J connectivity index is 1.99. The molecule has 0 spiro atoms. The number of carbonyl (C=O) groups is 1. The molecule has 1 unspecified atom stereocenters. The van der Waals surface area contributed by atoms with E-state index in [0.29, 0.717) is 10.7 Å². The van der Waals surface area contributed by atoms with E-state index in [4.69, 9.17) is 11.6 Å². The number of carbonyl (C=O) groups excluding carboxylic acids is 1. The van der Waals surface area contributed by atoms with Gasteiger partial charge in [0.15, 0.2) is 0 Å². The summed E-state index contributed by atoms with van der Waals surface area (Å²) in [5.74, 6) is 1.94. The molecule has 5 heteroatoms. The monoisotopic (exact) mass is 306 g/mol. The van der Waals surface area contributed by atoms with Gasteiger partial charge in [-0.15, -0.1) is 0 Å². The zero-order valence-corrected chi connectivity index (χ0v) is 12.7. The van der Waals surface area contributed by atoms with E-state index in [1.807, 2.05) is 40.9 Å². The Hall–Kier alpha value is -1.26. The van der Waals surface area contributed by atoms with Crippen LogP contribution < -0.4 is 0 Å². The summed E-state index contributed by atoms with van der Waals surface area (Å²) in [6, 6.07) is 9.54. The first-order valence-electron chi connectivity index (χ1n) is 6.61. The minimum absolute atomic E-state index is 0.0227. The van der Waals surface area contributed by atoms with Gasteiger partial charge >= 0.3 is 0 Å². The highest BCUT2D eigenvalue weighted by Crippen LogP contribution is 2.25. The van der Waals surface area contributed by atoms with Crippen LogP contribution in [0.25, 0.3) is 10.9 Å². The van der Waals surface area contributed by atoms with Crippen LogP contribution in [0.5, 0.6) is 0 Å². The molecule has 1 aromatic heterocycles. The quantitative estimate of drug-likeness (QED) is 0.809. The van der Waals surface area contributed by atoms with Gasteiger partial charge in [-0.3, -0.25) is 4.79 Å². The zero-order chi connectivity index (χ0) is 14.1. The van der Waals surface area contributed by atoms with Gasteiger partial charge in [0, 0.05) is 29.5 Å². The Kier molecular flexibility index (Phi) is 3.85. The fourth-order valence-electron chi connectivity index (χ4n) is 2.42. The van der Waals surface area contributed by atoms with Gasteiger partial charge in [0.05, 0.1) is 10.5 Å². The molecule has 0 bridgehead atoms. The molecule has 0 aliphatic carbocycles. The highest BCUT2D eigenvalue weighted by molar-refractivity contribution is 7.99. The summed E-state index contributed by atoms with van der Waals surface area (Å²) in [6.45, 7) is 2.85. The summed E-state index contributed by atoms with van der Waals surface area (Å²) in [4.78, 5) is 19.0. The molecule has 1 aliphatic rings. The molecule has 1 aliphatic heterocycles. The highest BCUT2D eigenvalue weighted by Gasteiger charge is 2.25. The van der Waals surface area contributed by atoms with E-state index in [1.54, 1.807) is 6.07 Å². The molecule has 0 N–H and O–H groups in total. The molecule has 1 amide bonds. The van der Waals surface area contributed by atoms with Crippen molar-refractivity contribution in [3.05, 3.63) is 41.0 Å². The lowest BCUT2D eigenvalue weighted by Crippen LogP contribution is -2.44. The summed E-state index contributed by atoms with van der Waals surface area (Å²) >= 11 is 8.15. The number of rotatable bonds is 1. The van der Waals surface area contributed by atoms with Crippen molar-refractivity contribution in [3.63, 3.8) is 0 Å². The summed E-state index contributed by atoms with van der Waals surface area (Å²) < 4.78 is 0. The number of aromatic nitrogens is 1. The number of halogens is 1. The average molecular weight is 307 g/mol. The number of hydrogen-bond donors (Lipinski definition) is 0. The fraction of sp³-hybridized carbons (Fsp3) is 0.333. The van der Waals surface area contributed by atoms with Gasteiger partial charge in [0.2, 0.25) is 0 Å². The van der Waals surface area contributed by atoms with Gasteiger partial charge < -0.3 is 4.90 Å². The van der Waals surface area contributed by atoms with Crippen LogP contribution in [0.2, 0.25) is 5.02 Å². The third-order valence-electron chi connectivity index (χ3n) is 3.51. The zero-order valence-electron chi connectivity index (χ0n) is 11.2. The van der Waals surface area contributed by atoms with Crippen molar-refractivity contribution in [2.24, 2.45) is 0 Å². The third kappa shape index (κ3) is 2.50. The van der Waals surface area contributed by atoms with Crippen molar-refractivity contribution in [3.8, 4) is 0 Å². The highest BCUT2D eigenvalue weighted by atomic mass is 35.5. The van der Waals surface area contributed by atoms with Crippen molar-refractivity contribution in [2.75, 3.05) is 18.1 Å². The van der Waals surface area contributed by atoms with Gasteiger partial charge in [-0.1, -0.05) is 29.8 Å². The lowest BCUT2D eigenvalue weighted by molar-refractivity contribution is 0.0710. The number of nitrogens with zero attached hydrogens (tertiary/aromatic N) is 2. The lowest BCUT2D eigenvalue weighted by atomic mass is 10.2. The SMILES string of the molecule is CC1CSCCN1C(=O)c1cc(Cl)c2ccccc2n1. The number of benzene rings is 1. The van der Waals surface area contributed by atoms with Crippen LogP contribution in [0.1, 0.15) is 17.4 Å². The largest absolute Gasteiger partial charge is 0.333 e. The van der Waals surface area contributed by atoms with Crippen LogP contribution in [0.4, 0.5) is 0 Å². The molecule has 20 heavy (non-hydrogen) atoms. The van der Waals surface area contributed by atoms with E-state index in [2.05, 4.69) is 11.9 Å². The Morgan fingerprint density at radius 2 is 2.25 bits per heavy atom. The van der Waals surface area contributed by atoms with E-state index >= 15 is 0 Å². The molecule has 0 radical (unpaired) electrons.